The second kappa shape index (κ2) is 7.13. The van der Waals surface area contributed by atoms with Gasteiger partial charge in [0.05, 0.1) is 6.07 Å². The van der Waals surface area contributed by atoms with E-state index in [1.807, 2.05) is 6.07 Å². The molecule has 2 N–H and O–H groups in total. The number of nitriles is 1. The molecule has 1 aliphatic heterocycles. The van der Waals surface area contributed by atoms with Crippen LogP contribution in [0.3, 0.4) is 0 Å². The van der Waals surface area contributed by atoms with Crippen LogP contribution in [0.25, 0.3) is 0 Å². The number of hydrogen-bond acceptors (Lipinski definition) is 3. The number of nitrogens with two attached hydrogens (primary N) is 1. The van der Waals surface area contributed by atoms with Crippen LogP contribution in [0.15, 0.2) is 18.2 Å². The smallest absolute Gasteiger partial charge is 0.225 e. The molecule has 2 rings (SSSR count). The fraction of sp³-hybridized carbons (Fsp3) is 0.467. The molecule has 6 heteroatoms. The van der Waals surface area contributed by atoms with Gasteiger partial charge < -0.3 is 10.6 Å². The third-order valence-corrected chi connectivity index (χ3v) is 4.24. The molecule has 1 aromatic rings. The molecular weight excluding hydrogens is 309 g/mol. The van der Waals surface area contributed by atoms with Gasteiger partial charge in [0.2, 0.25) is 5.91 Å². The van der Waals surface area contributed by atoms with Gasteiger partial charge in [0.1, 0.15) is 6.04 Å². The van der Waals surface area contributed by atoms with Gasteiger partial charge in [-0.05, 0) is 37.0 Å². The highest BCUT2D eigenvalue weighted by Gasteiger charge is 2.29. The van der Waals surface area contributed by atoms with Crippen LogP contribution in [-0.4, -0.2) is 29.4 Å². The van der Waals surface area contributed by atoms with E-state index in [2.05, 4.69) is 6.07 Å². The standard InChI is InChI=1S/C15H17Cl2N3O/c16-11-4-3-10(14(17)7-11)6-12(19)8-15(21)20-5-1-2-13(20)9-18/h3-4,7,12-13H,1-2,5-6,8,19H2/t12-,13+/m1/s1. The van der Waals surface area contributed by atoms with Gasteiger partial charge in [0, 0.05) is 29.1 Å². The lowest BCUT2D eigenvalue weighted by atomic mass is 10.0. The number of halogens is 2. The van der Waals surface area contributed by atoms with Gasteiger partial charge in [0.25, 0.3) is 0 Å². The zero-order valence-corrected chi connectivity index (χ0v) is 13.1. The largest absolute Gasteiger partial charge is 0.327 e. The van der Waals surface area contributed by atoms with E-state index in [1.165, 1.54) is 0 Å². The van der Waals surface area contributed by atoms with Crippen LogP contribution in [-0.2, 0) is 11.2 Å². The molecule has 1 saturated heterocycles. The van der Waals surface area contributed by atoms with Crippen molar-refractivity contribution in [1.29, 1.82) is 5.26 Å². The normalized spacial score (nSPS) is 19.3. The van der Waals surface area contributed by atoms with E-state index in [9.17, 15) is 4.79 Å². The lowest BCUT2D eigenvalue weighted by molar-refractivity contribution is -0.131. The molecule has 112 valence electrons. The Balaban J connectivity index is 1.94. The van der Waals surface area contributed by atoms with Crippen molar-refractivity contribution in [3.8, 4) is 6.07 Å². The van der Waals surface area contributed by atoms with Crippen LogP contribution < -0.4 is 5.73 Å². The van der Waals surface area contributed by atoms with Crippen molar-refractivity contribution in [3.05, 3.63) is 33.8 Å². The summed E-state index contributed by atoms with van der Waals surface area (Å²) in [4.78, 5) is 13.8. The molecule has 1 aliphatic rings. The number of nitrogens with zero attached hydrogens (tertiary/aromatic N) is 2. The Morgan fingerprint density at radius 2 is 2.29 bits per heavy atom. The summed E-state index contributed by atoms with van der Waals surface area (Å²) in [5, 5.41) is 10.1. The van der Waals surface area contributed by atoms with Crippen LogP contribution in [0.2, 0.25) is 10.0 Å². The summed E-state index contributed by atoms with van der Waals surface area (Å²) in [5.74, 6) is -0.0587. The van der Waals surface area contributed by atoms with Crippen molar-refractivity contribution in [2.45, 2.75) is 37.8 Å². The molecule has 0 aliphatic carbocycles. The predicted octanol–water partition coefficient (Wildman–Crippen LogP) is 2.77. The van der Waals surface area contributed by atoms with Gasteiger partial charge in [0.15, 0.2) is 0 Å². The van der Waals surface area contributed by atoms with Crippen LogP contribution in [0.4, 0.5) is 0 Å². The predicted molar refractivity (Wildman–Crippen MR) is 83.1 cm³/mol. The summed E-state index contributed by atoms with van der Waals surface area (Å²) >= 11 is 12.0. The van der Waals surface area contributed by atoms with Crippen LogP contribution in [0, 0.1) is 11.3 Å². The second-order valence-corrected chi connectivity index (χ2v) is 6.12. The lowest BCUT2D eigenvalue weighted by Gasteiger charge is -2.21. The third-order valence-electron chi connectivity index (χ3n) is 3.66. The fourth-order valence-electron chi connectivity index (χ4n) is 2.58. The zero-order chi connectivity index (χ0) is 15.4. The maximum Gasteiger partial charge on any atom is 0.225 e. The van der Waals surface area contributed by atoms with Crippen molar-refractivity contribution in [2.75, 3.05) is 6.54 Å². The topological polar surface area (TPSA) is 70.1 Å². The SMILES string of the molecule is N#C[C@@H]1CCCN1C(=O)C[C@H](N)Cc1ccc(Cl)cc1Cl. The summed E-state index contributed by atoms with van der Waals surface area (Å²) in [6.07, 6.45) is 2.35. The molecule has 1 fully saturated rings. The highest BCUT2D eigenvalue weighted by molar-refractivity contribution is 6.35. The number of rotatable bonds is 4. The van der Waals surface area contributed by atoms with Crippen molar-refractivity contribution < 1.29 is 4.79 Å². The summed E-state index contributed by atoms with van der Waals surface area (Å²) in [6, 6.07) is 6.78. The minimum absolute atomic E-state index is 0.0587. The first-order valence-electron chi connectivity index (χ1n) is 6.90. The molecule has 0 radical (unpaired) electrons. The third kappa shape index (κ3) is 4.10. The number of benzene rings is 1. The molecule has 0 bridgehead atoms. The molecule has 0 spiro atoms. The molecule has 0 unspecified atom stereocenters. The van der Waals surface area contributed by atoms with Crippen LogP contribution in [0.5, 0.6) is 0 Å². The van der Waals surface area contributed by atoms with E-state index >= 15 is 0 Å². The maximum atomic E-state index is 12.2. The quantitative estimate of drug-likeness (QED) is 0.925. The Morgan fingerprint density at radius 3 is 2.95 bits per heavy atom. The van der Waals surface area contributed by atoms with Gasteiger partial charge in [-0.1, -0.05) is 29.3 Å². The van der Waals surface area contributed by atoms with E-state index in [-0.39, 0.29) is 24.4 Å². The first-order valence-corrected chi connectivity index (χ1v) is 7.65. The average Bonchev–Trinajstić information content (AvgIpc) is 2.90. The van der Waals surface area contributed by atoms with Gasteiger partial charge >= 0.3 is 0 Å². The number of carbonyl (C=O) groups excluding carboxylic acids is 1. The minimum Gasteiger partial charge on any atom is -0.327 e. The Morgan fingerprint density at radius 1 is 1.52 bits per heavy atom. The van der Waals surface area contributed by atoms with E-state index < -0.39 is 0 Å². The first-order chi connectivity index (χ1) is 10.0. The van der Waals surface area contributed by atoms with Gasteiger partial charge in [-0.15, -0.1) is 0 Å². The first kappa shape index (κ1) is 16.1. The molecule has 2 atom stereocenters. The molecule has 21 heavy (non-hydrogen) atoms. The Hall–Kier alpha value is -1.28. The Bertz CT molecular complexity index is 571. The Labute approximate surface area is 134 Å². The highest BCUT2D eigenvalue weighted by atomic mass is 35.5. The zero-order valence-electron chi connectivity index (χ0n) is 11.6. The monoisotopic (exact) mass is 325 g/mol. The number of hydrogen-bond donors (Lipinski definition) is 1. The number of amides is 1. The summed E-state index contributed by atoms with van der Waals surface area (Å²) < 4.78 is 0. The van der Waals surface area contributed by atoms with Gasteiger partial charge in [-0.25, -0.2) is 0 Å². The molecular formula is C15H17Cl2N3O. The van der Waals surface area contributed by atoms with E-state index in [0.717, 1.165) is 18.4 Å². The number of carbonyl (C=O) groups is 1. The molecule has 1 amide bonds. The van der Waals surface area contributed by atoms with E-state index in [4.69, 9.17) is 34.2 Å². The van der Waals surface area contributed by atoms with E-state index in [0.29, 0.717) is 23.0 Å². The lowest BCUT2D eigenvalue weighted by Crippen LogP contribution is -2.39. The summed E-state index contributed by atoms with van der Waals surface area (Å²) in [7, 11) is 0. The van der Waals surface area contributed by atoms with Crippen molar-refractivity contribution in [2.24, 2.45) is 5.73 Å². The molecule has 0 saturated carbocycles. The minimum atomic E-state index is -0.323. The maximum absolute atomic E-state index is 12.2. The fourth-order valence-corrected chi connectivity index (χ4v) is 3.07. The molecule has 4 nitrogen and oxygen atoms in total. The highest BCUT2D eigenvalue weighted by Crippen LogP contribution is 2.23. The molecule has 1 aromatic carbocycles. The average molecular weight is 326 g/mol. The summed E-state index contributed by atoms with van der Waals surface area (Å²) in [6.45, 7) is 0.644. The molecule has 1 heterocycles. The number of likely N-dealkylation sites (tertiary alicyclic amines) is 1. The van der Waals surface area contributed by atoms with Gasteiger partial charge in [-0.2, -0.15) is 5.26 Å². The summed E-state index contributed by atoms with van der Waals surface area (Å²) in [5.41, 5.74) is 6.92. The second-order valence-electron chi connectivity index (χ2n) is 5.28. The Kier molecular flexibility index (Phi) is 5.46. The van der Waals surface area contributed by atoms with Crippen LogP contribution in [0.1, 0.15) is 24.8 Å². The van der Waals surface area contributed by atoms with Crippen molar-refractivity contribution in [1.82, 2.24) is 4.90 Å². The van der Waals surface area contributed by atoms with Crippen LogP contribution >= 0.6 is 23.2 Å². The molecule has 0 aromatic heterocycles. The van der Waals surface area contributed by atoms with E-state index in [1.54, 1.807) is 17.0 Å². The van der Waals surface area contributed by atoms with Crippen molar-refractivity contribution >= 4 is 29.1 Å². The van der Waals surface area contributed by atoms with Crippen molar-refractivity contribution in [3.63, 3.8) is 0 Å². The van der Waals surface area contributed by atoms with Gasteiger partial charge in [-0.3, -0.25) is 4.79 Å².